The summed E-state index contributed by atoms with van der Waals surface area (Å²) >= 11 is 0. The van der Waals surface area contributed by atoms with Crippen molar-refractivity contribution in [3.8, 4) is 5.75 Å². The first-order valence-corrected chi connectivity index (χ1v) is 8.69. The largest absolute Gasteiger partial charge is 0.502 e. The highest BCUT2D eigenvalue weighted by molar-refractivity contribution is 7.92. The topological polar surface area (TPSA) is 176 Å². The third kappa shape index (κ3) is 4.92. The molecule has 0 unspecified atom stereocenters. The van der Waals surface area contributed by atoms with Crippen LogP contribution in [0, 0.1) is 10.1 Å². The van der Waals surface area contributed by atoms with Crippen LogP contribution in [0.1, 0.15) is 10.4 Å². The lowest BCUT2D eigenvalue weighted by atomic mass is 10.2. The number of nitrogens with zero attached hydrogens (tertiary/aromatic N) is 1. The SMILES string of the molecule is O=C(O)CNC(=O)c1ccc(NS(=O)(=O)c2ccc(O)c([N+](=O)[O-])c2)cc1. The van der Waals surface area contributed by atoms with E-state index in [4.69, 9.17) is 5.11 Å². The molecule has 2 rings (SSSR count). The van der Waals surface area contributed by atoms with Crippen molar-refractivity contribution >= 4 is 33.3 Å². The zero-order valence-corrected chi connectivity index (χ0v) is 14.3. The molecule has 4 N–H and O–H groups in total. The number of phenols is 1. The number of amides is 1. The lowest BCUT2D eigenvalue weighted by Crippen LogP contribution is -2.29. The van der Waals surface area contributed by atoms with Gasteiger partial charge in [0.25, 0.3) is 15.9 Å². The van der Waals surface area contributed by atoms with Crippen molar-refractivity contribution in [1.82, 2.24) is 5.32 Å². The number of aliphatic carboxylic acids is 1. The molecule has 0 heterocycles. The van der Waals surface area contributed by atoms with Crippen LogP contribution in [0.2, 0.25) is 0 Å². The second-order valence-electron chi connectivity index (χ2n) is 5.17. The molecule has 0 radical (unpaired) electrons. The van der Waals surface area contributed by atoms with E-state index in [1.807, 2.05) is 0 Å². The smallest absolute Gasteiger partial charge is 0.322 e. The van der Waals surface area contributed by atoms with Gasteiger partial charge < -0.3 is 15.5 Å². The van der Waals surface area contributed by atoms with E-state index in [1.54, 1.807) is 0 Å². The highest BCUT2D eigenvalue weighted by Crippen LogP contribution is 2.29. The van der Waals surface area contributed by atoms with Crippen LogP contribution in [-0.4, -0.2) is 42.0 Å². The molecular formula is C15H13N3O8S. The number of hydrogen-bond acceptors (Lipinski definition) is 7. The molecule has 2 aromatic rings. The number of carboxylic acid groups (broad SMARTS) is 1. The van der Waals surface area contributed by atoms with Crippen molar-refractivity contribution in [3.05, 3.63) is 58.1 Å². The van der Waals surface area contributed by atoms with E-state index in [-0.39, 0.29) is 11.3 Å². The monoisotopic (exact) mass is 395 g/mol. The Kier molecular flexibility index (Phi) is 5.60. The molecule has 0 atom stereocenters. The summed E-state index contributed by atoms with van der Waals surface area (Å²) in [6.45, 7) is -0.563. The van der Waals surface area contributed by atoms with E-state index in [9.17, 15) is 33.2 Å². The van der Waals surface area contributed by atoms with E-state index in [0.29, 0.717) is 6.07 Å². The minimum absolute atomic E-state index is 0.0699. The first kappa shape index (κ1) is 19.7. The second kappa shape index (κ2) is 7.70. The Hall–Kier alpha value is -3.67. The van der Waals surface area contributed by atoms with Crippen LogP contribution in [-0.2, 0) is 14.8 Å². The van der Waals surface area contributed by atoms with Gasteiger partial charge >= 0.3 is 11.7 Å². The lowest BCUT2D eigenvalue weighted by Gasteiger charge is -2.09. The zero-order valence-electron chi connectivity index (χ0n) is 13.4. The number of carbonyl (C=O) groups excluding carboxylic acids is 1. The van der Waals surface area contributed by atoms with Crippen LogP contribution < -0.4 is 10.0 Å². The molecule has 0 bridgehead atoms. The average molecular weight is 395 g/mol. The molecule has 0 aliphatic heterocycles. The van der Waals surface area contributed by atoms with Crippen molar-refractivity contribution in [1.29, 1.82) is 0 Å². The molecule has 0 saturated carbocycles. The molecule has 0 aromatic heterocycles. The summed E-state index contributed by atoms with van der Waals surface area (Å²) in [5.41, 5.74) is -0.580. The van der Waals surface area contributed by atoms with Crippen molar-refractivity contribution in [2.45, 2.75) is 4.90 Å². The lowest BCUT2D eigenvalue weighted by molar-refractivity contribution is -0.386. The maximum absolute atomic E-state index is 12.3. The predicted octanol–water partition coefficient (Wildman–Crippen LogP) is 0.916. The number of hydrogen-bond donors (Lipinski definition) is 4. The van der Waals surface area contributed by atoms with Crippen molar-refractivity contribution < 1.29 is 33.1 Å². The molecule has 0 fully saturated rings. The molecule has 12 heteroatoms. The Morgan fingerprint density at radius 1 is 1.11 bits per heavy atom. The van der Waals surface area contributed by atoms with Gasteiger partial charge in [0, 0.05) is 17.3 Å². The number of anilines is 1. The fourth-order valence-electron chi connectivity index (χ4n) is 1.98. The van der Waals surface area contributed by atoms with Gasteiger partial charge in [0.2, 0.25) is 0 Å². The third-order valence-electron chi connectivity index (χ3n) is 3.25. The van der Waals surface area contributed by atoms with Gasteiger partial charge in [-0.1, -0.05) is 0 Å². The van der Waals surface area contributed by atoms with E-state index in [1.165, 1.54) is 24.3 Å². The Bertz CT molecular complexity index is 1000. The summed E-state index contributed by atoms with van der Waals surface area (Å²) in [4.78, 5) is 31.6. The number of phenolic OH excluding ortho intramolecular Hbond substituents is 1. The van der Waals surface area contributed by atoms with E-state index < -0.39 is 49.7 Å². The van der Waals surface area contributed by atoms with Crippen LogP contribution >= 0.6 is 0 Å². The molecule has 0 aliphatic rings. The number of nitro groups is 1. The summed E-state index contributed by atoms with van der Waals surface area (Å²) in [7, 11) is -4.18. The highest BCUT2D eigenvalue weighted by Gasteiger charge is 2.21. The van der Waals surface area contributed by atoms with Gasteiger partial charge in [-0.2, -0.15) is 0 Å². The molecule has 27 heavy (non-hydrogen) atoms. The number of nitrogens with one attached hydrogen (secondary N) is 2. The quantitative estimate of drug-likeness (QED) is 0.395. The Balaban J connectivity index is 2.18. The molecule has 1 amide bonds. The van der Waals surface area contributed by atoms with Gasteiger partial charge in [0.05, 0.1) is 9.82 Å². The predicted molar refractivity (Wildman–Crippen MR) is 92.0 cm³/mol. The second-order valence-corrected chi connectivity index (χ2v) is 6.85. The van der Waals surface area contributed by atoms with Crippen molar-refractivity contribution in [2.24, 2.45) is 0 Å². The fraction of sp³-hybridized carbons (Fsp3) is 0.0667. The fourth-order valence-corrected chi connectivity index (χ4v) is 3.06. The number of nitro benzene ring substituents is 1. The van der Waals surface area contributed by atoms with Gasteiger partial charge in [-0.15, -0.1) is 0 Å². The normalized spacial score (nSPS) is 10.8. The van der Waals surface area contributed by atoms with Gasteiger partial charge in [0.15, 0.2) is 5.75 Å². The number of aromatic hydroxyl groups is 1. The first-order valence-electron chi connectivity index (χ1n) is 7.20. The average Bonchev–Trinajstić information content (AvgIpc) is 2.59. The standard InChI is InChI=1S/C15H13N3O8S/c19-13-6-5-11(7-12(13)18(23)24)27(25,26)17-10-3-1-9(2-4-10)15(22)16-8-14(20)21/h1-7,17,19H,8H2,(H,16,22)(H,20,21). The zero-order chi connectivity index (χ0) is 20.2. The van der Waals surface area contributed by atoms with Crippen LogP contribution in [0.4, 0.5) is 11.4 Å². The maximum atomic E-state index is 12.3. The maximum Gasteiger partial charge on any atom is 0.322 e. The van der Waals surface area contributed by atoms with Crippen molar-refractivity contribution in [2.75, 3.05) is 11.3 Å². The summed E-state index contributed by atoms with van der Waals surface area (Å²) in [5, 5.41) is 30.9. The minimum Gasteiger partial charge on any atom is -0.502 e. The number of carbonyl (C=O) groups is 2. The molecule has 0 aliphatic carbocycles. The molecule has 142 valence electrons. The number of benzene rings is 2. The Morgan fingerprint density at radius 3 is 2.30 bits per heavy atom. The molecule has 11 nitrogen and oxygen atoms in total. The third-order valence-corrected chi connectivity index (χ3v) is 4.63. The summed E-state index contributed by atoms with van der Waals surface area (Å²) in [6.07, 6.45) is 0. The van der Waals surface area contributed by atoms with E-state index >= 15 is 0 Å². The number of rotatable bonds is 7. The van der Waals surface area contributed by atoms with Crippen molar-refractivity contribution in [3.63, 3.8) is 0 Å². The summed E-state index contributed by atoms with van der Waals surface area (Å²) in [5.74, 6) is -2.53. The van der Waals surface area contributed by atoms with Gasteiger partial charge in [-0.05, 0) is 36.4 Å². The van der Waals surface area contributed by atoms with Gasteiger partial charge in [-0.3, -0.25) is 24.4 Å². The summed E-state index contributed by atoms with van der Waals surface area (Å²) < 4.78 is 26.8. The number of sulfonamides is 1. The Labute approximate surface area is 152 Å². The van der Waals surface area contributed by atoms with Crippen LogP contribution in [0.25, 0.3) is 0 Å². The van der Waals surface area contributed by atoms with Crippen LogP contribution in [0.5, 0.6) is 5.75 Å². The van der Waals surface area contributed by atoms with E-state index in [2.05, 4.69) is 10.0 Å². The Morgan fingerprint density at radius 2 is 1.74 bits per heavy atom. The van der Waals surface area contributed by atoms with Crippen LogP contribution in [0.3, 0.4) is 0 Å². The molecule has 2 aromatic carbocycles. The number of carboxylic acids is 1. The molecule has 0 spiro atoms. The minimum atomic E-state index is -4.18. The highest BCUT2D eigenvalue weighted by atomic mass is 32.2. The van der Waals surface area contributed by atoms with Gasteiger partial charge in [-0.25, -0.2) is 8.42 Å². The van der Waals surface area contributed by atoms with E-state index in [0.717, 1.165) is 12.1 Å². The summed E-state index contributed by atoms with van der Waals surface area (Å²) in [6, 6.07) is 7.68. The molecular weight excluding hydrogens is 382 g/mol. The first-order chi connectivity index (χ1) is 12.6. The van der Waals surface area contributed by atoms with Crippen LogP contribution in [0.15, 0.2) is 47.4 Å². The van der Waals surface area contributed by atoms with Gasteiger partial charge in [0.1, 0.15) is 6.54 Å². The molecule has 0 saturated heterocycles.